The van der Waals surface area contributed by atoms with Crippen molar-refractivity contribution in [2.45, 2.75) is 13.3 Å². The Bertz CT molecular complexity index is 770. The minimum absolute atomic E-state index is 0.164. The van der Waals surface area contributed by atoms with Crippen molar-refractivity contribution >= 4 is 34.5 Å². The number of pyridine rings is 1. The van der Waals surface area contributed by atoms with Crippen LogP contribution in [-0.4, -0.2) is 50.2 Å². The van der Waals surface area contributed by atoms with Crippen LogP contribution in [0.1, 0.15) is 11.3 Å². The summed E-state index contributed by atoms with van der Waals surface area (Å²) in [6, 6.07) is 3.92. The van der Waals surface area contributed by atoms with Crippen LogP contribution in [0, 0.1) is 6.92 Å². The van der Waals surface area contributed by atoms with E-state index in [1.165, 1.54) is 4.90 Å². The highest BCUT2D eigenvalue weighted by atomic mass is 32.2. The topological polar surface area (TPSA) is 83.8 Å². The number of rotatable bonds is 5. The summed E-state index contributed by atoms with van der Waals surface area (Å²) >= 11 is 0.990. The number of amides is 3. The summed E-state index contributed by atoms with van der Waals surface area (Å²) in [4.78, 5) is 40.4. The van der Waals surface area contributed by atoms with Crippen molar-refractivity contribution in [1.82, 2.24) is 19.6 Å². The predicted molar refractivity (Wildman–Crippen MR) is 86.2 cm³/mol. The van der Waals surface area contributed by atoms with Crippen LogP contribution in [0.3, 0.4) is 0 Å². The molecule has 1 saturated heterocycles. The van der Waals surface area contributed by atoms with Gasteiger partial charge in [0.1, 0.15) is 5.65 Å². The molecule has 0 unspecified atom stereocenters. The van der Waals surface area contributed by atoms with Crippen LogP contribution < -0.4 is 5.32 Å². The van der Waals surface area contributed by atoms with Gasteiger partial charge in [0.15, 0.2) is 0 Å². The molecule has 3 heterocycles. The Morgan fingerprint density at radius 2 is 2.26 bits per heavy atom. The van der Waals surface area contributed by atoms with Gasteiger partial charge in [-0.05, 0) is 24.6 Å². The highest BCUT2D eigenvalue weighted by Gasteiger charge is 2.29. The van der Waals surface area contributed by atoms with Crippen molar-refractivity contribution in [2.24, 2.45) is 0 Å². The van der Waals surface area contributed by atoms with Gasteiger partial charge in [-0.15, -0.1) is 0 Å². The third-order valence-electron chi connectivity index (χ3n) is 3.51. The van der Waals surface area contributed by atoms with Crippen LogP contribution in [0.5, 0.6) is 0 Å². The van der Waals surface area contributed by atoms with Gasteiger partial charge < -0.3 is 9.72 Å². The Morgan fingerprint density at radius 1 is 1.43 bits per heavy atom. The van der Waals surface area contributed by atoms with Crippen molar-refractivity contribution < 1.29 is 14.4 Å². The lowest BCUT2D eigenvalue weighted by atomic mass is 10.3. The molecule has 2 aromatic rings. The normalized spacial score (nSPS) is 14.7. The number of carbonyl (C=O) groups excluding carboxylic acids is 3. The molecule has 1 fully saturated rings. The maximum Gasteiger partial charge on any atom is 0.288 e. The average Bonchev–Trinajstić information content (AvgIpc) is 3.03. The highest BCUT2D eigenvalue weighted by molar-refractivity contribution is 8.14. The lowest BCUT2D eigenvalue weighted by Gasteiger charge is -2.12. The molecule has 1 N–H and O–H groups in total. The first kappa shape index (κ1) is 15.5. The Kier molecular flexibility index (Phi) is 4.33. The van der Waals surface area contributed by atoms with E-state index in [0.29, 0.717) is 5.69 Å². The van der Waals surface area contributed by atoms with E-state index in [0.717, 1.165) is 23.0 Å². The lowest BCUT2D eigenvalue weighted by molar-refractivity contribution is -0.125. The van der Waals surface area contributed by atoms with Gasteiger partial charge in [0.25, 0.3) is 5.24 Å². The first-order valence-electron chi connectivity index (χ1n) is 7.21. The maximum atomic E-state index is 11.9. The van der Waals surface area contributed by atoms with E-state index in [1.807, 2.05) is 35.9 Å². The fourth-order valence-corrected chi connectivity index (χ4v) is 3.10. The Balaban J connectivity index is 1.52. The van der Waals surface area contributed by atoms with Gasteiger partial charge in [0.05, 0.1) is 17.9 Å². The summed E-state index contributed by atoms with van der Waals surface area (Å²) in [5.74, 6) is -0.199. The van der Waals surface area contributed by atoms with E-state index in [-0.39, 0.29) is 42.3 Å². The summed E-state index contributed by atoms with van der Waals surface area (Å²) in [5, 5.41) is 2.46. The number of hydrogen-bond donors (Lipinski definition) is 1. The molecule has 23 heavy (non-hydrogen) atoms. The van der Waals surface area contributed by atoms with Gasteiger partial charge >= 0.3 is 0 Å². The van der Waals surface area contributed by atoms with Crippen LogP contribution in [0.2, 0.25) is 0 Å². The van der Waals surface area contributed by atoms with Crippen LogP contribution >= 0.6 is 11.8 Å². The number of aromatic nitrogens is 2. The minimum atomic E-state index is -0.250. The summed E-state index contributed by atoms with van der Waals surface area (Å²) in [6.07, 6.45) is 3.89. The van der Waals surface area contributed by atoms with Crippen LogP contribution in [0.15, 0.2) is 24.5 Å². The first-order chi connectivity index (χ1) is 11.0. The molecule has 8 heteroatoms. The molecule has 0 aromatic carbocycles. The fourth-order valence-electron chi connectivity index (χ4n) is 2.35. The molecule has 0 spiro atoms. The molecule has 0 saturated carbocycles. The predicted octanol–water partition coefficient (Wildman–Crippen LogP) is 0.997. The quantitative estimate of drug-likeness (QED) is 0.883. The molecule has 0 radical (unpaired) electrons. The number of carbonyl (C=O) groups is 3. The maximum absolute atomic E-state index is 11.9. The molecule has 1 aliphatic heterocycles. The Labute approximate surface area is 137 Å². The molecule has 2 aromatic heterocycles. The van der Waals surface area contributed by atoms with Crippen molar-refractivity contribution in [2.75, 3.05) is 18.8 Å². The molecule has 120 valence electrons. The smallest absolute Gasteiger partial charge is 0.288 e. The van der Waals surface area contributed by atoms with E-state index < -0.39 is 0 Å². The number of fused-ring (bicyclic) bond motifs is 1. The SMILES string of the molecule is Cc1ccn2cc(CC(=O)NCCN3C(=O)CSC3=O)nc2c1. The van der Waals surface area contributed by atoms with E-state index in [9.17, 15) is 14.4 Å². The number of imidazole rings is 1. The summed E-state index contributed by atoms with van der Waals surface area (Å²) < 4.78 is 1.87. The lowest BCUT2D eigenvalue weighted by Crippen LogP contribution is -2.37. The van der Waals surface area contributed by atoms with E-state index >= 15 is 0 Å². The standard InChI is InChI=1S/C15H16N4O3S/c1-10-2-4-18-8-11(17-12(18)6-10)7-13(20)16-3-5-19-14(21)9-23-15(19)22/h2,4,6,8H,3,5,7,9H2,1H3,(H,16,20). The van der Waals surface area contributed by atoms with Gasteiger partial charge in [0, 0.05) is 25.5 Å². The highest BCUT2D eigenvalue weighted by Crippen LogP contribution is 2.17. The van der Waals surface area contributed by atoms with Crippen molar-refractivity contribution in [3.05, 3.63) is 35.8 Å². The first-order valence-corrected chi connectivity index (χ1v) is 8.19. The van der Waals surface area contributed by atoms with Gasteiger partial charge in [-0.3, -0.25) is 19.3 Å². The van der Waals surface area contributed by atoms with Crippen molar-refractivity contribution in [3.63, 3.8) is 0 Å². The van der Waals surface area contributed by atoms with E-state index in [4.69, 9.17) is 0 Å². The molecule has 3 rings (SSSR count). The number of thioether (sulfide) groups is 1. The van der Waals surface area contributed by atoms with E-state index in [2.05, 4.69) is 10.3 Å². The molecule has 1 aliphatic rings. The molecule has 7 nitrogen and oxygen atoms in total. The molecule has 0 bridgehead atoms. The molecular formula is C15H16N4O3S. The van der Waals surface area contributed by atoms with Gasteiger partial charge in [-0.2, -0.15) is 0 Å². The van der Waals surface area contributed by atoms with Crippen molar-refractivity contribution in [3.8, 4) is 0 Å². The average molecular weight is 332 g/mol. The number of imide groups is 1. The zero-order chi connectivity index (χ0) is 16.4. The van der Waals surface area contributed by atoms with Crippen LogP contribution in [0.4, 0.5) is 4.79 Å². The summed E-state index contributed by atoms with van der Waals surface area (Å²) in [6.45, 7) is 2.45. The van der Waals surface area contributed by atoms with Crippen LogP contribution in [0.25, 0.3) is 5.65 Å². The summed E-state index contributed by atoms with van der Waals surface area (Å²) in [7, 11) is 0. The van der Waals surface area contributed by atoms with Gasteiger partial charge in [-0.1, -0.05) is 11.8 Å². The van der Waals surface area contributed by atoms with Gasteiger partial charge in [-0.25, -0.2) is 4.98 Å². The second kappa shape index (κ2) is 6.41. The molecule has 3 amide bonds. The second-order valence-corrected chi connectivity index (χ2v) is 6.26. The zero-order valence-corrected chi connectivity index (χ0v) is 13.4. The number of aryl methyl sites for hydroxylation is 1. The molecule has 0 aliphatic carbocycles. The largest absolute Gasteiger partial charge is 0.354 e. The third-order valence-corrected chi connectivity index (χ3v) is 4.36. The summed E-state index contributed by atoms with van der Waals surface area (Å²) in [5.41, 5.74) is 2.59. The second-order valence-electron chi connectivity index (χ2n) is 5.33. The zero-order valence-electron chi connectivity index (χ0n) is 12.6. The van der Waals surface area contributed by atoms with Gasteiger partial charge in [0.2, 0.25) is 11.8 Å². The fraction of sp³-hybridized carbons (Fsp3) is 0.333. The van der Waals surface area contributed by atoms with E-state index in [1.54, 1.807) is 0 Å². The number of nitrogens with one attached hydrogen (secondary N) is 1. The molecule has 0 atom stereocenters. The number of nitrogens with zero attached hydrogens (tertiary/aromatic N) is 3. The van der Waals surface area contributed by atoms with Crippen LogP contribution in [-0.2, 0) is 16.0 Å². The molecular weight excluding hydrogens is 316 g/mol. The van der Waals surface area contributed by atoms with Crippen molar-refractivity contribution in [1.29, 1.82) is 0 Å². The Hall–Kier alpha value is -2.35. The Morgan fingerprint density at radius 3 is 3.00 bits per heavy atom. The monoisotopic (exact) mass is 332 g/mol. The minimum Gasteiger partial charge on any atom is -0.354 e. The third kappa shape index (κ3) is 3.53. The number of hydrogen-bond acceptors (Lipinski definition) is 5.